The second-order valence-corrected chi connectivity index (χ2v) is 4.23. The van der Waals surface area contributed by atoms with Crippen molar-refractivity contribution in [1.82, 2.24) is 9.55 Å². The molecule has 0 unspecified atom stereocenters. The Bertz CT molecular complexity index is 821. The minimum atomic E-state index is -0.0480. The first-order chi connectivity index (χ1) is 9.65. The van der Waals surface area contributed by atoms with Crippen LogP contribution in [0, 0.1) is 29.6 Å². The highest BCUT2D eigenvalue weighted by Crippen LogP contribution is 2.17. The minimum Gasteiger partial charge on any atom is -0.395 e. The van der Waals surface area contributed by atoms with E-state index in [0.29, 0.717) is 39.9 Å². The van der Waals surface area contributed by atoms with E-state index >= 15 is 0 Å². The van der Waals surface area contributed by atoms with Gasteiger partial charge in [-0.2, -0.15) is 10.5 Å². The Morgan fingerprint density at radius 1 is 1.30 bits per heavy atom. The number of hydrogen-bond donors (Lipinski definition) is 1. The molecule has 0 aliphatic rings. The first kappa shape index (κ1) is 13.7. The third-order valence-corrected chi connectivity index (χ3v) is 3.05. The topological polar surface area (TPSA) is 98.0 Å². The average molecular weight is 267 g/mol. The van der Waals surface area contributed by atoms with Gasteiger partial charge in [-0.15, -0.1) is 0 Å². The summed E-state index contributed by atoms with van der Waals surface area (Å²) in [5.74, 6) is 0. The molecule has 0 bridgehead atoms. The van der Waals surface area contributed by atoms with Crippen LogP contribution in [0.5, 0.6) is 0 Å². The summed E-state index contributed by atoms with van der Waals surface area (Å²) >= 11 is 0. The highest BCUT2D eigenvalue weighted by molar-refractivity contribution is 5.79. The van der Waals surface area contributed by atoms with Crippen molar-refractivity contribution in [3.63, 3.8) is 0 Å². The van der Waals surface area contributed by atoms with Gasteiger partial charge in [-0.3, -0.25) is 4.99 Å². The van der Waals surface area contributed by atoms with Gasteiger partial charge in [0.25, 0.3) is 0 Å². The molecule has 2 aromatic rings. The summed E-state index contributed by atoms with van der Waals surface area (Å²) in [6.45, 7) is 2.12. The lowest BCUT2D eigenvalue weighted by Crippen LogP contribution is -2.27. The Balaban J connectivity index is 2.98. The number of hydrogen-bond acceptors (Lipinski definition) is 5. The molecule has 0 spiro atoms. The van der Waals surface area contributed by atoms with Gasteiger partial charge in [0.2, 0.25) is 0 Å². The van der Waals surface area contributed by atoms with Gasteiger partial charge in [0, 0.05) is 13.6 Å². The lowest BCUT2D eigenvalue weighted by Gasteiger charge is -2.12. The Hall–Kier alpha value is -2.70. The van der Waals surface area contributed by atoms with Crippen molar-refractivity contribution in [2.45, 2.75) is 13.5 Å². The van der Waals surface area contributed by atoms with E-state index in [4.69, 9.17) is 10.5 Å². The van der Waals surface area contributed by atoms with Crippen LogP contribution in [-0.4, -0.2) is 28.3 Å². The maximum Gasteiger partial charge on any atom is 0.149 e. The number of aliphatic hydroxyl groups is 1. The van der Waals surface area contributed by atoms with Crippen LogP contribution < -0.4 is 5.49 Å². The van der Waals surface area contributed by atoms with E-state index < -0.39 is 0 Å². The van der Waals surface area contributed by atoms with Gasteiger partial charge in [0.1, 0.15) is 17.6 Å². The van der Waals surface area contributed by atoms with Crippen molar-refractivity contribution < 1.29 is 5.11 Å². The van der Waals surface area contributed by atoms with Crippen molar-refractivity contribution in [3.05, 3.63) is 34.4 Å². The fraction of sp³-hybridized carbons (Fsp3) is 0.286. The number of nitrogens with zero attached hydrogens (tertiary/aromatic N) is 5. The molecule has 100 valence electrons. The largest absolute Gasteiger partial charge is 0.395 e. The average Bonchev–Trinajstić information content (AvgIpc) is 2.46. The fourth-order valence-electron chi connectivity index (χ4n) is 2.22. The van der Waals surface area contributed by atoms with Crippen molar-refractivity contribution in [2.24, 2.45) is 4.99 Å². The van der Waals surface area contributed by atoms with Crippen LogP contribution in [0.1, 0.15) is 16.8 Å². The van der Waals surface area contributed by atoms with Crippen molar-refractivity contribution in [1.29, 1.82) is 10.5 Å². The van der Waals surface area contributed by atoms with Crippen molar-refractivity contribution in [3.8, 4) is 12.1 Å². The summed E-state index contributed by atoms with van der Waals surface area (Å²) in [7, 11) is 1.65. The van der Waals surface area contributed by atoms with Gasteiger partial charge in [-0.05, 0) is 19.1 Å². The monoisotopic (exact) mass is 267 g/mol. The Morgan fingerprint density at radius 3 is 2.50 bits per heavy atom. The summed E-state index contributed by atoms with van der Waals surface area (Å²) in [5, 5.41) is 27.4. The summed E-state index contributed by atoms with van der Waals surface area (Å²) in [6, 6.07) is 7.20. The van der Waals surface area contributed by atoms with E-state index in [1.54, 1.807) is 23.7 Å². The van der Waals surface area contributed by atoms with Crippen LogP contribution in [0.4, 0.5) is 0 Å². The number of nitriles is 2. The first-order valence-corrected chi connectivity index (χ1v) is 6.05. The standard InChI is InChI=1S/C14H13N5O/c1-9-14(17-2)19(3-4-20)13-6-11(8-16)10(7-15)5-12(13)18-9/h5-6,20H,3-4H2,1-2H3/b17-14+. The molecule has 0 saturated carbocycles. The molecular weight excluding hydrogens is 254 g/mol. The van der Waals surface area contributed by atoms with E-state index in [9.17, 15) is 5.11 Å². The number of aryl methyl sites for hydroxylation is 1. The Kier molecular flexibility index (Phi) is 3.79. The molecule has 0 aliphatic heterocycles. The van der Waals surface area contributed by atoms with E-state index in [1.807, 2.05) is 19.1 Å². The first-order valence-electron chi connectivity index (χ1n) is 6.05. The van der Waals surface area contributed by atoms with E-state index in [-0.39, 0.29) is 6.61 Å². The molecule has 0 amide bonds. The molecule has 0 saturated heterocycles. The van der Waals surface area contributed by atoms with Gasteiger partial charge in [0.05, 0.1) is 34.5 Å². The highest BCUT2D eigenvalue weighted by Gasteiger charge is 2.10. The lowest BCUT2D eigenvalue weighted by molar-refractivity contribution is 0.275. The highest BCUT2D eigenvalue weighted by atomic mass is 16.3. The van der Waals surface area contributed by atoms with E-state index in [2.05, 4.69) is 9.98 Å². The molecule has 6 nitrogen and oxygen atoms in total. The molecule has 1 aromatic heterocycles. The summed E-state index contributed by atoms with van der Waals surface area (Å²) < 4.78 is 1.81. The number of benzene rings is 1. The van der Waals surface area contributed by atoms with Crippen LogP contribution in [0.15, 0.2) is 17.1 Å². The minimum absolute atomic E-state index is 0.0480. The zero-order valence-corrected chi connectivity index (χ0v) is 11.3. The predicted molar refractivity (Wildman–Crippen MR) is 72.5 cm³/mol. The summed E-state index contributed by atoms with van der Waals surface area (Å²) in [6.07, 6.45) is 0. The van der Waals surface area contributed by atoms with Crippen molar-refractivity contribution >= 4 is 11.0 Å². The van der Waals surface area contributed by atoms with Gasteiger partial charge in [0.15, 0.2) is 0 Å². The molecule has 0 atom stereocenters. The third-order valence-electron chi connectivity index (χ3n) is 3.05. The molecule has 0 aliphatic carbocycles. The molecule has 2 rings (SSSR count). The smallest absolute Gasteiger partial charge is 0.149 e. The normalized spacial score (nSPS) is 11.3. The predicted octanol–water partition coefficient (Wildman–Crippen LogP) is 0.611. The number of rotatable bonds is 2. The molecular formula is C14H13N5O. The van der Waals surface area contributed by atoms with Crippen LogP contribution >= 0.6 is 0 Å². The van der Waals surface area contributed by atoms with E-state index in [1.165, 1.54) is 0 Å². The maximum absolute atomic E-state index is 9.22. The van der Waals surface area contributed by atoms with Crippen LogP contribution in [0.2, 0.25) is 0 Å². The lowest BCUT2D eigenvalue weighted by atomic mass is 10.1. The zero-order valence-electron chi connectivity index (χ0n) is 11.3. The number of fused-ring (bicyclic) bond motifs is 1. The number of aliphatic hydroxyl groups excluding tert-OH is 1. The summed E-state index contributed by atoms with van der Waals surface area (Å²) in [5.41, 5.74) is 3.24. The summed E-state index contributed by atoms with van der Waals surface area (Å²) in [4.78, 5) is 8.59. The Labute approximate surface area is 115 Å². The van der Waals surface area contributed by atoms with E-state index in [0.717, 1.165) is 0 Å². The quantitative estimate of drug-likeness (QED) is 0.861. The van der Waals surface area contributed by atoms with Crippen molar-refractivity contribution in [2.75, 3.05) is 13.7 Å². The molecule has 0 fully saturated rings. The van der Waals surface area contributed by atoms with Gasteiger partial charge in [-0.1, -0.05) is 0 Å². The third kappa shape index (κ3) is 2.13. The molecule has 1 heterocycles. The SMILES string of the molecule is C/N=c1\c(C)nc2cc(C#N)c(C#N)cc2n1CCO. The zero-order chi connectivity index (χ0) is 14.7. The molecule has 20 heavy (non-hydrogen) atoms. The molecule has 0 radical (unpaired) electrons. The second-order valence-electron chi connectivity index (χ2n) is 4.23. The van der Waals surface area contributed by atoms with Gasteiger partial charge >= 0.3 is 0 Å². The Morgan fingerprint density at radius 2 is 1.95 bits per heavy atom. The van der Waals surface area contributed by atoms with Gasteiger partial charge < -0.3 is 9.67 Å². The van der Waals surface area contributed by atoms with Gasteiger partial charge in [-0.25, -0.2) is 4.98 Å². The molecule has 1 N–H and O–H groups in total. The number of aromatic nitrogens is 2. The van der Waals surface area contributed by atoms with Crippen LogP contribution in [0.3, 0.4) is 0 Å². The van der Waals surface area contributed by atoms with Crippen LogP contribution in [-0.2, 0) is 6.54 Å². The maximum atomic E-state index is 9.22. The molecule has 1 aromatic carbocycles. The van der Waals surface area contributed by atoms with Crippen LogP contribution in [0.25, 0.3) is 11.0 Å². The fourth-order valence-corrected chi connectivity index (χ4v) is 2.22. The molecule has 6 heteroatoms. The second kappa shape index (κ2) is 5.52.